The molecule has 1 N–H and O–H groups in total. The van der Waals surface area contributed by atoms with Gasteiger partial charge >= 0.3 is 5.97 Å². The van der Waals surface area contributed by atoms with Gasteiger partial charge in [-0.15, -0.1) is 0 Å². The highest BCUT2D eigenvalue weighted by molar-refractivity contribution is 5.90. The molecule has 0 unspecified atom stereocenters. The number of carboxylic acid groups (broad SMARTS) is 1. The van der Waals surface area contributed by atoms with E-state index in [1.807, 2.05) is 0 Å². The average molecular weight is 237 g/mol. The molecule has 6 heteroatoms. The third-order valence-corrected chi connectivity index (χ3v) is 2.05. The molecular formula is C11H8FNO4. The molecule has 0 aliphatic carbocycles. The summed E-state index contributed by atoms with van der Waals surface area (Å²) in [6.45, 7) is 0.107. The molecule has 1 aromatic heterocycles. The molecule has 0 atom stereocenters. The van der Waals surface area contributed by atoms with E-state index < -0.39 is 11.8 Å². The van der Waals surface area contributed by atoms with E-state index in [1.165, 1.54) is 18.5 Å². The van der Waals surface area contributed by atoms with Crippen LogP contribution in [-0.4, -0.2) is 16.2 Å². The van der Waals surface area contributed by atoms with Gasteiger partial charge in [0.25, 0.3) is 0 Å². The number of nitrogens with zero attached hydrogens (tertiary/aromatic N) is 1. The standard InChI is InChI=1S/C11H8FNO4/c12-8-1-2-10(9(3-8)11(14)15)16-5-7-4-13-17-6-7/h1-4,6H,5H2,(H,14,15). The molecule has 0 saturated heterocycles. The molecule has 0 amide bonds. The molecule has 5 nitrogen and oxygen atoms in total. The molecule has 2 aromatic rings. The Labute approximate surface area is 95.4 Å². The SMILES string of the molecule is O=C(O)c1cc(F)ccc1OCc1cnoc1. The van der Waals surface area contributed by atoms with Gasteiger partial charge in [0.1, 0.15) is 30.0 Å². The zero-order valence-corrected chi connectivity index (χ0v) is 8.59. The van der Waals surface area contributed by atoms with Gasteiger partial charge in [-0.05, 0) is 18.2 Å². The van der Waals surface area contributed by atoms with E-state index in [0.29, 0.717) is 5.56 Å². The minimum absolute atomic E-state index is 0.0973. The van der Waals surface area contributed by atoms with Crippen LogP contribution in [0.5, 0.6) is 5.75 Å². The van der Waals surface area contributed by atoms with Crippen LogP contribution in [0.1, 0.15) is 15.9 Å². The Morgan fingerprint density at radius 1 is 1.53 bits per heavy atom. The zero-order chi connectivity index (χ0) is 12.3. The highest BCUT2D eigenvalue weighted by atomic mass is 19.1. The Bertz CT molecular complexity index is 524. The molecule has 1 heterocycles. The van der Waals surface area contributed by atoms with Crippen LogP contribution in [0.2, 0.25) is 0 Å². The minimum Gasteiger partial charge on any atom is -0.488 e. The molecule has 1 aromatic carbocycles. The first-order valence-electron chi connectivity index (χ1n) is 4.70. The quantitative estimate of drug-likeness (QED) is 0.881. The highest BCUT2D eigenvalue weighted by Crippen LogP contribution is 2.20. The second-order valence-electron chi connectivity index (χ2n) is 3.27. The second kappa shape index (κ2) is 4.65. The summed E-state index contributed by atoms with van der Waals surface area (Å²) >= 11 is 0. The smallest absolute Gasteiger partial charge is 0.339 e. The Hall–Kier alpha value is -2.37. The Morgan fingerprint density at radius 2 is 2.35 bits per heavy atom. The van der Waals surface area contributed by atoms with Crippen molar-refractivity contribution in [3.05, 3.63) is 47.6 Å². The van der Waals surface area contributed by atoms with E-state index in [4.69, 9.17) is 9.84 Å². The summed E-state index contributed by atoms with van der Waals surface area (Å²) in [7, 11) is 0. The molecule has 0 aliphatic rings. The zero-order valence-electron chi connectivity index (χ0n) is 8.59. The summed E-state index contributed by atoms with van der Waals surface area (Å²) in [6, 6.07) is 3.31. The largest absolute Gasteiger partial charge is 0.488 e. The predicted octanol–water partition coefficient (Wildman–Crippen LogP) is 2.09. The molecule has 0 saturated carbocycles. The topological polar surface area (TPSA) is 72.6 Å². The van der Waals surface area contributed by atoms with Gasteiger partial charge in [-0.1, -0.05) is 5.16 Å². The van der Waals surface area contributed by atoms with Crippen molar-refractivity contribution in [1.82, 2.24) is 5.16 Å². The van der Waals surface area contributed by atoms with E-state index >= 15 is 0 Å². The van der Waals surface area contributed by atoms with Gasteiger partial charge < -0.3 is 14.4 Å². The molecule has 0 aliphatic heterocycles. The van der Waals surface area contributed by atoms with Crippen LogP contribution in [-0.2, 0) is 6.61 Å². The number of hydrogen-bond acceptors (Lipinski definition) is 4. The summed E-state index contributed by atoms with van der Waals surface area (Å²) in [5.41, 5.74) is 0.437. The molecule has 2 rings (SSSR count). The number of carboxylic acids is 1. The van der Waals surface area contributed by atoms with Crippen molar-refractivity contribution in [2.24, 2.45) is 0 Å². The lowest BCUT2D eigenvalue weighted by Gasteiger charge is -2.07. The third kappa shape index (κ3) is 2.60. The highest BCUT2D eigenvalue weighted by Gasteiger charge is 2.12. The van der Waals surface area contributed by atoms with Gasteiger partial charge in [-0.25, -0.2) is 9.18 Å². The molecule has 0 spiro atoms. The van der Waals surface area contributed by atoms with E-state index in [2.05, 4.69) is 9.68 Å². The number of benzene rings is 1. The van der Waals surface area contributed by atoms with Crippen molar-refractivity contribution >= 4 is 5.97 Å². The maximum Gasteiger partial charge on any atom is 0.339 e. The fraction of sp³-hybridized carbons (Fsp3) is 0.0909. The molecule has 0 bridgehead atoms. The Kier molecular flexibility index (Phi) is 3.04. The Balaban J connectivity index is 2.17. The number of ether oxygens (including phenoxy) is 1. The first-order valence-corrected chi connectivity index (χ1v) is 4.70. The van der Waals surface area contributed by atoms with Crippen LogP contribution in [0, 0.1) is 5.82 Å². The second-order valence-corrected chi connectivity index (χ2v) is 3.27. The van der Waals surface area contributed by atoms with Gasteiger partial charge in [0.05, 0.1) is 6.20 Å². The summed E-state index contributed by atoms with van der Waals surface area (Å²) in [5, 5.41) is 12.3. The predicted molar refractivity (Wildman–Crippen MR) is 54.2 cm³/mol. The van der Waals surface area contributed by atoms with Gasteiger partial charge in [-0.3, -0.25) is 0 Å². The van der Waals surface area contributed by atoms with Crippen molar-refractivity contribution in [2.45, 2.75) is 6.61 Å². The molecular weight excluding hydrogens is 229 g/mol. The maximum atomic E-state index is 12.9. The fourth-order valence-corrected chi connectivity index (χ4v) is 1.25. The lowest BCUT2D eigenvalue weighted by Crippen LogP contribution is -2.03. The molecule has 0 fully saturated rings. The van der Waals surface area contributed by atoms with E-state index in [0.717, 1.165) is 12.1 Å². The lowest BCUT2D eigenvalue weighted by atomic mass is 10.2. The van der Waals surface area contributed by atoms with Crippen molar-refractivity contribution in [3.63, 3.8) is 0 Å². The summed E-state index contributed by atoms with van der Waals surface area (Å²) in [6.07, 6.45) is 2.83. The van der Waals surface area contributed by atoms with Crippen LogP contribution < -0.4 is 4.74 Å². The summed E-state index contributed by atoms with van der Waals surface area (Å²) in [4.78, 5) is 10.9. The monoisotopic (exact) mass is 237 g/mol. The van der Waals surface area contributed by atoms with Crippen molar-refractivity contribution in [3.8, 4) is 5.75 Å². The summed E-state index contributed by atoms with van der Waals surface area (Å²) in [5.74, 6) is -1.77. The minimum atomic E-state index is -1.25. The Morgan fingerprint density at radius 3 is 3.00 bits per heavy atom. The number of halogens is 1. The molecule has 17 heavy (non-hydrogen) atoms. The van der Waals surface area contributed by atoms with Crippen molar-refractivity contribution in [1.29, 1.82) is 0 Å². The maximum absolute atomic E-state index is 12.9. The lowest BCUT2D eigenvalue weighted by molar-refractivity contribution is 0.0691. The first-order chi connectivity index (χ1) is 8.16. The number of aromatic nitrogens is 1. The van der Waals surface area contributed by atoms with Gasteiger partial charge in [0.15, 0.2) is 0 Å². The van der Waals surface area contributed by atoms with E-state index in [9.17, 15) is 9.18 Å². The van der Waals surface area contributed by atoms with Gasteiger partial charge in [0.2, 0.25) is 0 Å². The van der Waals surface area contributed by atoms with Crippen LogP contribution in [0.4, 0.5) is 4.39 Å². The number of rotatable bonds is 4. The number of carbonyl (C=O) groups is 1. The summed E-state index contributed by atoms with van der Waals surface area (Å²) < 4.78 is 22.7. The van der Waals surface area contributed by atoms with Crippen LogP contribution in [0.3, 0.4) is 0 Å². The fourth-order valence-electron chi connectivity index (χ4n) is 1.25. The van der Waals surface area contributed by atoms with E-state index in [1.54, 1.807) is 0 Å². The van der Waals surface area contributed by atoms with Gasteiger partial charge in [-0.2, -0.15) is 0 Å². The van der Waals surface area contributed by atoms with Gasteiger partial charge in [0, 0.05) is 5.56 Å². The first kappa shape index (κ1) is 11.1. The number of hydrogen-bond donors (Lipinski definition) is 1. The third-order valence-electron chi connectivity index (χ3n) is 2.05. The van der Waals surface area contributed by atoms with Crippen LogP contribution in [0.25, 0.3) is 0 Å². The number of aromatic carboxylic acids is 1. The van der Waals surface area contributed by atoms with Crippen LogP contribution >= 0.6 is 0 Å². The normalized spacial score (nSPS) is 10.2. The molecule has 0 radical (unpaired) electrons. The van der Waals surface area contributed by atoms with E-state index in [-0.39, 0.29) is 17.9 Å². The molecule has 88 valence electrons. The van der Waals surface area contributed by atoms with Crippen molar-refractivity contribution in [2.75, 3.05) is 0 Å². The van der Waals surface area contributed by atoms with Crippen LogP contribution in [0.15, 0.2) is 35.2 Å². The average Bonchev–Trinajstić information content (AvgIpc) is 2.80. The van der Waals surface area contributed by atoms with Crippen molar-refractivity contribution < 1.29 is 23.6 Å².